The van der Waals surface area contributed by atoms with E-state index in [1.54, 1.807) is 25.1 Å². The maximum atomic E-state index is 15.7. The van der Waals surface area contributed by atoms with E-state index in [4.69, 9.17) is 19.4 Å². The number of nitrogens with zero attached hydrogens (tertiary/aromatic N) is 4. The molecule has 2 bridgehead atoms. The SMILES string of the molecule is CCOC(=O)[C@H]1C2CCC(CC2)[C@@H]1Nc1cc(-c2ccc(N3CCOCC3)cc2)nc(-c2cn(S(=O)(=O)c3ccc(C)cc3)c3c(F)cc(F)cc23)n1. The van der Waals surface area contributed by atoms with Gasteiger partial charge in [-0.1, -0.05) is 29.8 Å². The zero-order chi connectivity index (χ0) is 36.9. The molecule has 2 aromatic heterocycles. The molecule has 3 saturated carbocycles. The molecule has 0 spiro atoms. The summed E-state index contributed by atoms with van der Waals surface area (Å²) in [7, 11) is -4.33. The number of halogens is 2. The molecule has 1 N–H and O–H groups in total. The second-order valence-corrected chi connectivity index (χ2v) is 16.0. The van der Waals surface area contributed by atoms with Crippen molar-refractivity contribution in [1.82, 2.24) is 13.9 Å². The number of anilines is 2. The highest BCUT2D eigenvalue weighted by molar-refractivity contribution is 7.90. The van der Waals surface area contributed by atoms with Gasteiger partial charge in [0.25, 0.3) is 10.0 Å². The van der Waals surface area contributed by atoms with E-state index in [1.165, 1.54) is 18.3 Å². The molecule has 3 aliphatic carbocycles. The van der Waals surface area contributed by atoms with Crippen LogP contribution in [0.4, 0.5) is 20.3 Å². The Labute approximate surface area is 307 Å². The minimum atomic E-state index is -4.33. The van der Waals surface area contributed by atoms with Crippen molar-refractivity contribution < 1.29 is 31.5 Å². The molecule has 2 atom stereocenters. The first-order valence-corrected chi connectivity index (χ1v) is 19.6. The minimum Gasteiger partial charge on any atom is -0.466 e. The van der Waals surface area contributed by atoms with Crippen LogP contribution in [0.5, 0.6) is 0 Å². The van der Waals surface area contributed by atoms with E-state index in [2.05, 4.69) is 10.2 Å². The minimum absolute atomic E-state index is 0.00470. The smallest absolute Gasteiger partial charge is 0.311 e. The number of ether oxygens (including phenoxy) is 2. The van der Waals surface area contributed by atoms with Crippen molar-refractivity contribution in [2.45, 2.75) is 50.5 Å². The maximum absolute atomic E-state index is 15.7. The summed E-state index contributed by atoms with van der Waals surface area (Å²) in [5.74, 6) is -1.62. The molecule has 276 valence electrons. The molecule has 10 nitrogen and oxygen atoms in total. The highest BCUT2D eigenvalue weighted by Crippen LogP contribution is 2.47. The number of carbonyl (C=O) groups excluding carboxylic acids is 1. The number of hydrogen-bond donors (Lipinski definition) is 1. The lowest BCUT2D eigenvalue weighted by Crippen LogP contribution is -2.52. The normalized spacial score (nSPS) is 21.5. The molecule has 53 heavy (non-hydrogen) atoms. The van der Waals surface area contributed by atoms with Gasteiger partial charge in [-0.2, -0.15) is 0 Å². The number of morpholine rings is 1. The maximum Gasteiger partial charge on any atom is 0.311 e. The molecule has 4 fully saturated rings. The van der Waals surface area contributed by atoms with Gasteiger partial charge in [0.2, 0.25) is 0 Å². The molecule has 0 radical (unpaired) electrons. The number of aromatic nitrogens is 3. The first-order chi connectivity index (χ1) is 25.6. The fourth-order valence-electron chi connectivity index (χ4n) is 8.30. The van der Waals surface area contributed by atoms with E-state index in [0.717, 1.165) is 65.6 Å². The molecule has 9 rings (SSSR count). The van der Waals surface area contributed by atoms with Crippen LogP contribution in [0.1, 0.15) is 38.2 Å². The lowest BCUT2D eigenvalue weighted by molar-refractivity contribution is -0.154. The quantitative estimate of drug-likeness (QED) is 0.157. The van der Waals surface area contributed by atoms with Crippen LogP contribution >= 0.6 is 0 Å². The molecular formula is C40H41F2N5O5S. The first-order valence-electron chi connectivity index (χ1n) is 18.2. The third-order valence-electron chi connectivity index (χ3n) is 11.0. The Balaban J connectivity index is 1.27. The number of carbonyl (C=O) groups is 1. The van der Waals surface area contributed by atoms with Gasteiger partial charge in [0.1, 0.15) is 17.2 Å². The van der Waals surface area contributed by atoms with Crippen LogP contribution in [0.3, 0.4) is 0 Å². The fourth-order valence-corrected chi connectivity index (χ4v) is 9.68. The van der Waals surface area contributed by atoms with Gasteiger partial charge in [-0.25, -0.2) is 31.1 Å². The van der Waals surface area contributed by atoms with Crippen LogP contribution in [-0.4, -0.2) is 67.3 Å². The van der Waals surface area contributed by atoms with Crippen molar-refractivity contribution in [2.75, 3.05) is 43.1 Å². The molecule has 3 aromatic carbocycles. The van der Waals surface area contributed by atoms with Crippen LogP contribution < -0.4 is 10.2 Å². The van der Waals surface area contributed by atoms with Gasteiger partial charge in [0.05, 0.1) is 36.3 Å². The van der Waals surface area contributed by atoms with Crippen LogP contribution in [0, 0.1) is 36.3 Å². The lowest BCUT2D eigenvalue weighted by atomic mass is 9.61. The van der Waals surface area contributed by atoms with Crippen molar-refractivity contribution in [1.29, 1.82) is 0 Å². The standard InChI is InChI=1S/C40H41F2N5O5S/c1-3-52-40(48)36-26-6-8-27(9-7-26)37(36)44-35-22-34(25-10-12-29(13-11-25)46-16-18-51-19-17-46)43-39(45-35)32-23-47(38-31(32)20-28(41)21-33(38)42)53(49,50)30-14-4-24(2)5-15-30/h4-5,10-15,20-23,26-27,36-37H,3,6-9,16-19H2,1-2H3,(H,43,44,45)/t26?,27?,36-,37-/m0/s1. The Morgan fingerprint density at radius 1 is 0.943 bits per heavy atom. The lowest BCUT2D eigenvalue weighted by Gasteiger charge is -2.47. The molecular weight excluding hydrogens is 701 g/mol. The van der Waals surface area contributed by atoms with Crippen molar-refractivity contribution >= 4 is 38.4 Å². The summed E-state index contributed by atoms with van der Waals surface area (Å²) in [6.07, 6.45) is 5.10. The third-order valence-corrected chi connectivity index (χ3v) is 12.6. The first kappa shape index (κ1) is 35.2. The third kappa shape index (κ3) is 6.65. The Kier molecular flexibility index (Phi) is 9.40. The van der Waals surface area contributed by atoms with Crippen LogP contribution in [0.15, 0.2) is 77.8 Å². The summed E-state index contributed by atoms with van der Waals surface area (Å²) in [5, 5.41) is 3.58. The molecule has 13 heteroatoms. The average molecular weight is 742 g/mol. The molecule has 1 aliphatic heterocycles. The number of aryl methyl sites for hydroxylation is 1. The molecule has 0 amide bonds. The number of hydrogen-bond acceptors (Lipinski definition) is 9. The number of benzene rings is 3. The van der Waals surface area contributed by atoms with Crippen molar-refractivity contribution in [3.8, 4) is 22.6 Å². The van der Waals surface area contributed by atoms with Gasteiger partial charge < -0.3 is 19.7 Å². The van der Waals surface area contributed by atoms with Crippen LogP contribution in [0.2, 0.25) is 0 Å². The summed E-state index contributed by atoms with van der Waals surface area (Å²) in [4.78, 5) is 25.3. The Morgan fingerprint density at radius 2 is 1.64 bits per heavy atom. The van der Waals surface area contributed by atoms with E-state index in [1.807, 2.05) is 31.2 Å². The van der Waals surface area contributed by atoms with Crippen LogP contribution in [-0.2, 0) is 24.3 Å². The number of fused-ring (bicyclic) bond motifs is 4. The zero-order valence-corrected chi connectivity index (χ0v) is 30.4. The van der Waals surface area contributed by atoms with Gasteiger partial charge in [-0.15, -0.1) is 0 Å². The monoisotopic (exact) mass is 741 g/mol. The molecule has 5 aromatic rings. The Morgan fingerprint density at radius 3 is 2.34 bits per heavy atom. The highest BCUT2D eigenvalue weighted by Gasteiger charge is 2.48. The van der Waals surface area contributed by atoms with Gasteiger partial charge in [-0.05, 0) is 81.7 Å². The van der Waals surface area contributed by atoms with Crippen molar-refractivity contribution in [2.24, 2.45) is 17.8 Å². The van der Waals surface area contributed by atoms with Gasteiger partial charge in [0, 0.05) is 59.7 Å². The molecule has 1 saturated heterocycles. The summed E-state index contributed by atoms with van der Waals surface area (Å²) in [6, 6.07) is 17.5. The fraction of sp³-hybridized carbons (Fsp3) is 0.375. The van der Waals surface area contributed by atoms with E-state index in [-0.39, 0.29) is 63.6 Å². The highest BCUT2D eigenvalue weighted by atomic mass is 32.2. The van der Waals surface area contributed by atoms with E-state index in [0.29, 0.717) is 30.8 Å². The Bertz CT molecular complexity index is 2270. The summed E-state index contributed by atoms with van der Waals surface area (Å²) in [5.41, 5.74) is 2.99. The number of nitrogens with one attached hydrogen (secondary N) is 1. The predicted molar refractivity (Wildman–Crippen MR) is 198 cm³/mol. The number of rotatable bonds is 9. The van der Waals surface area contributed by atoms with Crippen molar-refractivity contribution in [3.63, 3.8) is 0 Å². The van der Waals surface area contributed by atoms with Crippen molar-refractivity contribution in [3.05, 3.63) is 90.1 Å². The van der Waals surface area contributed by atoms with Gasteiger partial charge in [0.15, 0.2) is 11.6 Å². The number of esters is 1. The Hall–Kier alpha value is -4.88. The summed E-state index contributed by atoms with van der Waals surface area (Å²) < 4.78 is 70.6. The van der Waals surface area contributed by atoms with Crippen LogP contribution in [0.25, 0.3) is 33.5 Å². The molecule has 3 heterocycles. The topological polar surface area (TPSA) is 116 Å². The largest absolute Gasteiger partial charge is 0.466 e. The average Bonchev–Trinajstić information content (AvgIpc) is 3.57. The predicted octanol–water partition coefficient (Wildman–Crippen LogP) is 7.21. The van der Waals surface area contributed by atoms with Gasteiger partial charge in [-0.3, -0.25) is 4.79 Å². The zero-order valence-electron chi connectivity index (χ0n) is 29.6. The second kappa shape index (κ2) is 14.2. The summed E-state index contributed by atoms with van der Waals surface area (Å²) in [6.45, 7) is 6.77. The van der Waals surface area contributed by atoms with E-state index >= 15 is 4.39 Å². The molecule has 4 aliphatic rings. The van der Waals surface area contributed by atoms with E-state index in [9.17, 15) is 17.6 Å². The van der Waals surface area contributed by atoms with E-state index < -0.39 is 21.7 Å². The molecule has 0 unspecified atom stereocenters. The van der Waals surface area contributed by atoms with Gasteiger partial charge >= 0.3 is 5.97 Å². The second-order valence-electron chi connectivity index (χ2n) is 14.2. The summed E-state index contributed by atoms with van der Waals surface area (Å²) >= 11 is 0.